The van der Waals surface area contributed by atoms with Crippen LogP contribution in [0.1, 0.15) is 0 Å². The highest BCUT2D eigenvalue weighted by Gasteiger charge is 2.02. The Morgan fingerprint density at radius 3 is 2.46 bits per heavy atom. The molecule has 0 unspecified atom stereocenters. The smallest absolute Gasteiger partial charge is 0.204 e. The lowest BCUT2D eigenvalue weighted by Crippen LogP contribution is -1.91. The number of phenols is 1. The van der Waals surface area contributed by atoms with Crippen LogP contribution in [-0.4, -0.2) is 25.3 Å². The summed E-state index contributed by atoms with van der Waals surface area (Å²) >= 11 is 0. The van der Waals surface area contributed by atoms with Crippen LogP contribution in [-0.2, 0) is 7.05 Å². The second-order valence-electron chi connectivity index (χ2n) is 2.65. The van der Waals surface area contributed by atoms with Crippen molar-refractivity contribution in [3.63, 3.8) is 0 Å². The summed E-state index contributed by atoms with van der Waals surface area (Å²) in [5.74, 6) is 0.787. The second-order valence-corrected chi connectivity index (χ2v) is 2.65. The molecule has 0 spiro atoms. The Bertz CT molecular complexity index is 406. The van der Waals surface area contributed by atoms with E-state index in [4.69, 9.17) is 5.11 Å². The lowest BCUT2D eigenvalue weighted by molar-refractivity contribution is 0.475. The van der Waals surface area contributed by atoms with Crippen molar-refractivity contribution >= 4 is 0 Å². The first kappa shape index (κ1) is 7.72. The molecule has 0 aliphatic heterocycles. The normalized spacial score (nSPS) is 10.2. The third kappa shape index (κ3) is 1.48. The van der Waals surface area contributed by atoms with Crippen molar-refractivity contribution in [3.8, 4) is 17.1 Å². The SMILES string of the molecule is Cn1nnc(-c2ccc(O)cc2)n1. The number of hydrogen-bond acceptors (Lipinski definition) is 4. The van der Waals surface area contributed by atoms with E-state index in [0.717, 1.165) is 5.56 Å². The fraction of sp³-hybridized carbons (Fsp3) is 0.125. The summed E-state index contributed by atoms with van der Waals surface area (Å²) in [6.45, 7) is 0. The lowest BCUT2D eigenvalue weighted by atomic mass is 10.2. The number of aryl methyl sites for hydroxylation is 1. The Kier molecular flexibility index (Phi) is 1.70. The van der Waals surface area contributed by atoms with Crippen molar-refractivity contribution in [1.82, 2.24) is 20.2 Å². The molecule has 0 aliphatic rings. The molecule has 1 heterocycles. The number of hydrogen-bond donors (Lipinski definition) is 1. The lowest BCUT2D eigenvalue weighted by Gasteiger charge is -1.93. The van der Waals surface area contributed by atoms with E-state index in [-0.39, 0.29) is 5.75 Å². The molecule has 0 amide bonds. The minimum atomic E-state index is 0.229. The molecular weight excluding hydrogens is 168 g/mol. The third-order valence-corrected chi connectivity index (χ3v) is 1.63. The highest BCUT2D eigenvalue weighted by molar-refractivity contribution is 5.54. The van der Waals surface area contributed by atoms with Crippen LogP contribution in [0.25, 0.3) is 11.4 Å². The maximum absolute atomic E-state index is 9.05. The number of nitrogens with zero attached hydrogens (tertiary/aromatic N) is 4. The molecule has 0 saturated heterocycles. The molecule has 0 aliphatic carbocycles. The van der Waals surface area contributed by atoms with Gasteiger partial charge in [0.25, 0.3) is 0 Å². The van der Waals surface area contributed by atoms with E-state index in [1.807, 2.05) is 0 Å². The Morgan fingerprint density at radius 2 is 1.92 bits per heavy atom. The monoisotopic (exact) mass is 176 g/mol. The fourth-order valence-corrected chi connectivity index (χ4v) is 1.01. The van der Waals surface area contributed by atoms with Gasteiger partial charge in [0.05, 0.1) is 7.05 Å². The summed E-state index contributed by atoms with van der Waals surface area (Å²) in [4.78, 5) is 1.39. The van der Waals surface area contributed by atoms with Gasteiger partial charge in [-0.2, -0.15) is 4.80 Å². The van der Waals surface area contributed by atoms with Crippen molar-refractivity contribution in [2.24, 2.45) is 7.05 Å². The molecule has 2 rings (SSSR count). The Balaban J connectivity index is 2.41. The Morgan fingerprint density at radius 1 is 1.23 bits per heavy atom. The third-order valence-electron chi connectivity index (χ3n) is 1.63. The fourth-order valence-electron chi connectivity index (χ4n) is 1.01. The predicted molar refractivity (Wildman–Crippen MR) is 45.9 cm³/mol. The first-order valence-electron chi connectivity index (χ1n) is 3.79. The highest BCUT2D eigenvalue weighted by atomic mass is 16.3. The number of rotatable bonds is 1. The van der Waals surface area contributed by atoms with Gasteiger partial charge in [0.1, 0.15) is 5.75 Å². The van der Waals surface area contributed by atoms with Crippen molar-refractivity contribution < 1.29 is 5.11 Å². The van der Waals surface area contributed by atoms with Gasteiger partial charge in [-0.25, -0.2) is 0 Å². The minimum Gasteiger partial charge on any atom is -0.508 e. The van der Waals surface area contributed by atoms with Crippen LogP contribution in [0.3, 0.4) is 0 Å². The molecule has 0 radical (unpaired) electrons. The molecule has 5 heteroatoms. The topological polar surface area (TPSA) is 63.8 Å². The summed E-state index contributed by atoms with van der Waals surface area (Å²) in [7, 11) is 1.71. The van der Waals surface area contributed by atoms with Crippen LogP contribution < -0.4 is 0 Å². The van der Waals surface area contributed by atoms with Gasteiger partial charge in [-0.3, -0.25) is 0 Å². The van der Waals surface area contributed by atoms with Gasteiger partial charge in [-0.1, -0.05) is 0 Å². The van der Waals surface area contributed by atoms with Crippen molar-refractivity contribution in [1.29, 1.82) is 0 Å². The van der Waals surface area contributed by atoms with E-state index in [1.54, 1.807) is 31.3 Å². The molecule has 13 heavy (non-hydrogen) atoms. The zero-order valence-electron chi connectivity index (χ0n) is 7.05. The average molecular weight is 176 g/mol. The summed E-state index contributed by atoms with van der Waals surface area (Å²) in [5, 5.41) is 20.6. The number of phenolic OH excluding ortho intramolecular Hbond substituents is 1. The van der Waals surface area contributed by atoms with Gasteiger partial charge in [0.15, 0.2) is 0 Å². The molecule has 1 aromatic heterocycles. The molecule has 66 valence electrons. The largest absolute Gasteiger partial charge is 0.508 e. The summed E-state index contributed by atoms with van der Waals surface area (Å²) in [6.07, 6.45) is 0. The van der Waals surface area contributed by atoms with Crippen LogP contribution in [0.4, 0.5) is 0 Å². The number of aromatic nitrogens is 4. The van der Waals surface area contributed by atoms with Crippen LogP contribution in [0.5, 0.6) is 5.75 Å². The molecule has 1 N–H and O–H groups in total. The molecule has 2 aromatic rings. The maximum Gasteiger partial charge on any atom is 0.204 e. The molecule has 0 fully saturated rings. The van der Waals surface area contributed by atoms with Crippen LogP contribution >= 0.6 is 0 Å². The standard InChI is InChI=1S/C8H8N4O/c1-12-10-8(9-11-12)6-2-4-7(13)5-3-6/h2-5,13H,1H3. The molecular formula is C8H8N4O. The second kappa shape index (κ2) is 2.85. The van der Waals surface area contributed by atoms with E-state index in [9.17, 15) is 0 Å². The highest BCUT2D eigenvalue weighted by Crippen LogP contribution is 2.16. The Hall–Kier alpha value is -1.91. The summed E-state index contributed by atoms with van der Waals surface area (Å²) < 4.78 is 0. The molecule has 5 nitrogen and oxygen atoms in total. The minimum absolute atomic E-state index is 0.229. The van der Waals surface area contributed by atoms with Crippen LogP contribution in [0.15, 0.2) is 24.3 Å². The number of tetrazole rings is 1. The molecule has 0 bridgehead atoms. The number of benzene rings is 1. The average Bonchev–Trinajstić information content (AvgIpc) is 2.53. The van der Waals surface area contributed by atoms with Gasteiger partial charge in [0.2, 0.25) is 5.82 Å². The van der Waals surface area contributed by atoms with Gasteiger partial charge in [-0.05, 0) is 29.5 Å². The first-order valence-corrected chi connectivity index (χ1v) is 3.79. The van der Waals surface area contributed by atoms with Gasteiger partial charge >= 0.3 is 0 Å². The summed E-state index contributed by atoms with van der Waals surface area (Å²) in [6, 6.07) is 6.66. The molecule has 1 aromatic carbocycles. The van der Waals surface area contributed by atoms with Gasteiger partial charge in [0, 0.05) is 5.56 Å². The van der Waals surface area contributed by atoms with Crippen molar-refractivity contribution in [3.05, 3.63) is 24.3 Å². The Labute approximate surface area is 74.6 Å². The van der Waals surface area contributed by atoms with E-state index in [1.165, 1.54) is 4.80 Å². The zero-order chi connectivity index (χ0) is 9.26. The predicted octanol–water partition coefficient (Wildman–Crippen LogP) is 0.583. The van der Waals surface area contributed by atoms with E-state index >= 15 is 0 Å². The van der Waals surface area contributed by atoms with Crippen molar-refractivity contribution in [2.75, 3.05) is 0 Å². The van der Waals surface area contributed by atoms with Gasteiger partial charge < -0.3 is 5.11 Å². The van der Waals surface area contributed by atoms with Crippen LogP contribution in [0, 0.1) is 0 Å². The first-order chi connectivity index (χ1) is 6.25. The molecule has 0 atom stereocenters. The van der Waals surface area contributed by atoms with Crippen molar-refractivity contribution in [2.45, 2.75) is 0 Å². The quantitative estimate of drug-likeness (QED) is 0.690. The van der Waals surface area contributed by atoms with Crippen LogP contribution in [0.2, 0.25) is 0 Å². The molecule has 0 saturated carbocycles. The summed E-state index contributed by atoms with van der Waals surface area (Å²) in [5.41, 5.74) is 0.839. The van der Waals surface area contributed by atoms with E-state index in [2.05, 4.69) is 15.4 Å². The number of aromatic hydroxyl groups is 1. The zero-order valence-corrected chi connectivity index (χ0v) is 7.05. The van der Waals surface area contributed by atoms with Gasteiger partial charge in [-0.15, -0.1) is 10.2 Å². The van der Waals surface area contributed by atoms with E-state index in [0.29, 0.717) is 5.82 Å². The van der Waals surface area contributed by atoms with E-state index < -0.39 is 0 Å². The maximum atomic E-state index is 9.05.